The number of carboxylic acid groups (broad SMARTS) is 1. The van der Waals surface area contributed by atoms with Crippen molar-refractivity contribution in [3.05, 3.63) is 11.7 Å². The summed E-state index contributed by atoms with van der Waals surface area (Å²) in [5.74, 6) is 0.567. The molecule has 2 rings (SSSR count). The molecule has 1 N–H and O–H groups in total. The largest absolute Gasteiger partial charge is 0.481 e. The van der Waals surface area contributed by atoms with Crippen molar-refractivity contribution in [1.82, 2.24) is 15.0 Å². The zero-order valence-electron chi connectivity index (χ0n) is 10.6. The van der Waals surface area contributed by atoms with Crippen molar-refractivity contribution in [1.29, 1.82) is 0 Å². The second-order valence-electron chi connectivity index (χ2n) is 4.70. The van der Waals surface area contributed by atoms with Gasteiger partial charge in [0.15, 0.2) is 5.82 Å². The van der Waals surface area contributed by atoms with Crippen molar-refractivity contribution >= 4 is 5.97 Å². The Morgan fingerprint density at radius 2 is 2.33 bits per heavy atom. The van der Waals surface area contributed by atoms with Gasteiger partial charge in [0.1, 0.15) is 0 Å². The Hall–Kier alpha value is -1.43. The quantitative estimate of drug-likeness (QED) is 0.755. The van der Waals surface area contributed by atoms with Crippen LogP contribution in [0.5, 0.6) is 0 Å². The number of aliphatic carboxylic acids is 1. The van der Waals surface area contributed by atoms with E-state index in [0.29, 0.717) is 30.8 Å². The first-order valence-corrected chi connectivity index (χ1v) is 6.46. The zero-order chi connectivity index (χ0) is 13.0. The third kappa shape index (κ3) is 3.80. The molecule has 18 heavy (non-hydrogen) atoms. The molecule has 1 fully saturated rings. The lowest BCUT2D eigenvalue weighted by Gasteiger charge is -2.18. The number of hydrogen-bond donors (Lipinski definition) is 1. The lowest BCUT2D eigenvalue weighted by atomic mass is 10.3. The molecule has 100 valence electrons. The minimum Gasteiger partial charge on any atom is -0.481 e. The van der Waals surface area contributed by atoms with Gasteiger partial charge in [-0.2, -0.15) is 4.98 Å². The first kappa shape index (κ1) is 13.0. The van der Waals surface area contributed by atoms with Gasteiger partial charge in [-0.25, -0.2) is 0 Å². The smallest absolute Gasteiger partial charge is 0.304 e. The van der Waals surface area contributed by atoms with Gasteiger partial charge in [0.05, 0.1) is 13.0 Å². The van der Waals surface area contributed by atoms with E-state index in [1.807, 2.05) is 0 Å². The van der Waals surface area contributed by atoms with E-state index < -0.39 is 5.97 Å². The van der Waals surface area contributed by atoms with Gasteiger partial charge in [0, 0.05) is 19.0 Å². The monoisotopic (exact) mass is 253 g/mol. The van der Waals surface area contributed by atoms with E-state index in [1.165, 1.54) is 0 Å². The molecule has 0 atom stereocenters. The molecule has 1 heterocycles. The van der Waals surface area contributed by atoms with Crippen molar-refractivity contribution in [3.8, 4) is 0 Å². The number of aromatic nitrogens is 2. The normalized spacial score (nSPS) is 15.2. The summed E-state index contributed by atoms with van der Waals surface area (Å²) in [5.41, 5.74) is 0. The number of hydrogen-bond acceptors (Lipinski definition) is 5. The molecule has 1 aliphatic rings. The Labute approximate surface area is 106 Å². The topological polar surface area (TPSA) is 79.5 Å². The maximum atomic E-state index is 10.6. The van der Waals surface area contributed by atoms with E-state index in [-0.39, 0.29) is 6.42 Å². The lowest BCUT2D eigenvalue weighted by Crippen LogP contribution is -2.28. The zero-order valence-corrected chi connectivity index (χ0v) is 10.6. The Morgan fingerprint density at radius 3 is 2.94 bits per heavy atom. The Kier molecular flexibility index (Phi) is 4.30. The summed E-state index contributed by atoms with van der Waals surface area (Å²) in [5, 5.41) is 12.7. The molecule has 0 unspecified atom stereocenters. The first-order chi connectivity index (χ1) is 8.69. The summed E-state index contributed by atoms with van der Waals surface area (Å²) in [7, 11) is 0. The fourth-order valence-corrected chi connectivity index (χ4v) is 1.92. The predicted octanol–water partition coefficient (Wildman–Crippen LogP) is 1.46. The second-order valence-corrected chi connectivity index (χ2v) is 4.70. The molecule has 6 heteroatoms. The van der Waals surface area contributed by atoms with Crippen LogP contribution in [0.4, 0.5) is 0 Å². The van der Waals surface area contributed by atoms with Crippen molar-refractivity contribution in [2.75, 3.05) is 6.54 Å². The van der Waals surface area contributed by atoms with Crippen LogP contribution in [0.1, 0.15) is 44.3 Å². The third-order valence-corrected chi connectivity index (χ3v) is 2.99. The lowest BCUT2D eigenvalue weighted by molar-refractivity contribution is -0.137. The van der Waals surface area contributed by atoms with Crippen LogP contribution >= 0.6 is 0 Å². The van der Waals surface area contributed by atoms with Gasteiger partial charge in [-0.15, -0.1) is 0 Å². The first-order valence-electron chi connectivity index (χ1n) is 6.46. The van der Waals surface area contributed by atoms with E-state index in [2.05, 4.69) is 22.0 Å². The molecule has 1 aromatic rings. The summed E-state index contributed by atoms with van der Waals surface area (Å²) in [6.07, 6.45) is 4.22. The van der Waals surface area contributed by atoms with E-state index in [4.69, 9.17) is 9.63 Å². The van der Waals surface area contributed by atoms with Crippen molar-refractivity contribution in [3.63, 3.8) is 0 Å². The van der Waals surface area contributed by atoms with E-state index in [9.17, 15) is 4.79 Å². The van der Waals surface area contributed by atoms with Gasteiger partial charge in [-0.3, -0.25) is 9.69 Å². The molecule has 1 saturated carbocycles. The Morgan fingerprint density at radius 1 is 1.56 bits per heavy atom. The Bertz CT molecular complexity index is 401. The van der Waals surface area contributed by atoms with Crippen molar-refractivity contribution in [2.45, 2.75) is 51.6 Å². The van der Waals surface area contributed by atoms with Gasteiger partial charge >= 0.3 is 5.97 Å². The van der Waals surface area contributed by atoms with Crippen molar-refractivity contribution < 1.29 is 14.4 Å². The second kappa shape index (κ2) is 5.95. The van der Waals surface area contributed by atoms with E-state index in [0.717, 1.165) is 25.7 Å². The van der Waals surface area contributed by atoms with Gasteiger partial charge in [-0.1, -0.05) is 12.1 Å². The summed E-state index contributed by atoms with van der Waals surface area (Å²) in [6, 6.07) is 0.498. The van der Waals surface area contributed by atoms with Crippen LogP contribution in [0.15, 0.2) is 4.52 Å². The molecule has 1 aliphatic carbocycles. The summed E-state index contributed by atoms with van der Waals surface area (Å²) >= 11 is 0. The minimum absolute atomic E-state index is 0.163. The summed E-state index contributed by atoms with van der Waals surface area (Å²) < 4.78 is 5.13. The average Bonchev–Trinajstić information content (AvgIpc) is 3.07. The molecule has 0 saturated heterocycles. The highest BCUT2D eigenvalue weighted by molar-refractivity contribution is 5.66. The molecule has 1 aromatic heterocycles. The Balaban J connectivity index is 1.88. The van der Waals surface area contributed by atoms with E-state index >= 15 is 0 Å². The molecule has 0 spiro atoms. The molecular weight excluding hydrogens is 234 g/mol. The van der Waals surface area contributed by atoms with Gasteiger partial charge < -0.3 is 9.63 Å². The van der Waals surface area contributed by atoms with Crippen LogP contribution in [0, 0.1) is 0 Å². The minimum atomic E-state index is -0.763. The number of carbonyl (C=O) groups is 1. The van der Waals surface area contributed by atoms with Gasteiger partial charge in [-0.05, 0) is 19.3 Å². The SMILES string of the molecule is CCCc1nc(CN(CCC(=O)O)C2CC2)no1. The highest BCUT2D eigenvalue weighted by Crippen LogP contribution is 2.28. The highest BCUT2D eigenvalue weighted by Gasteiger charge is 2.30. The molecule has 0 aliphatic heterocycles. The van der Waals surface area contributed by atoms with Crippen LogP contribution in [0.3, 0.4) is 0 Å². The summed E-state index contributed by atoms with van der Waals surface area (Å²) in [6.45, 7) is 3.20. The maximum absolute atomic E-state index is 10.6. The molecule has 0 bridgehead atoms. The van der Waals surface area contributed by atoms with Gasteiger partial charge in [0.25, 0.3) is 0 Å². The van der Waals surface area contributed by atoms with Crippen LogP contribution in [-0.2, 0) is 17.8 Å². The number of carboxylic acids is 1. The average molecular weight is 253 g/mol. The van der Waals surface area contributed by atoms with Crippen LogP contribution in [0.25, 0.3) is 0 Å². The highest BCUT2D eigenvalue weighted by atomic mass is 16.5. The molecule has 0 amide bonds. The maximum Gasteiger partial charge on any atom is 0.304 e. The molecule has 0 aromatic carbocycles. The molecule has 6 nitrogen and oxygen atoms in total. The predicted molar refractivity (Wildman–Crippen MR) is 64.0 cm³/mol. The molecular formula is C12H19N3O3. The fourth-order valence-electron chi connectivity index (χ4n) is 1.92. The number of nitrogens with zero attached hydrogens (tertiary/aromatic N) is 3. The third-order valence-electron chi connectivity index (χ3n) is 2.99. The van der Waals surface area contributed by atoms with E-state index in [1.54, 1.807) is 0 Å². The van der Waals surface area contributed by atoms with Crippen molar-refractivity contribution in [2.24, 2.45) is 0 Å². The van der Waals surface area contributed by atoms with Crippen LogP contribution < -0.4 is 0 Å². The van der Waals surface area contributed by atoms with Crippen LogP contribution in [-0.4, -0.2) is 38.7 Å². The van der Waals surface area contributed by atoms with Crippen LogP contribution in [0.2, 0.25) is 0 Å². The van der Waals surface area contributed by atoms with Gasteiger partial charge in [0.2, 0.25) is 5.89 Å². The molecule has 0 radical (unpaired) electrons. The fraction of sp³-hybridized carbons (Fsp3) is 0.750. The standard InChI is InChI=1S/C12H19N3O3/c1-2-3-11-13-10(14-18-11)8-15(9-4-5-9)7-6-12(16)17/h9H,2-8H2,1H3,(H,16,17). The number of rotatable bonds is 8. The summed E-state index contributed by atoms with van der Waals surface area (Å²) in [4.78, 5) is 17.1. The number of aryl methyl sites for hydroxylation is 1.